The van der Waals surface area contributed by atoms with Crippen molar-refractivity contribution in [1.82, 2.24) is 9.97 Å². The van der Waals surface area contributed by atoms with Crippen molar-refractivity contribution in [3.8, 4) is 0 Å². The molecule has 1 saturated carbocycles. The number of thioether (sulfide) groups is 1. The minimum absolute atomic E-state index is 0.603. The fourth-order valence-electron chi connectivity index (χ4n) is 2.05. The molecule has 0 radical (unpaired) electrons. The van der Waals surface area contributed by atoms with Crippen molar-refractivity contribution >= 4 is 49.4 Å². The van der Waals surface area contributed by atoms with Gasteiger partial charge in [-0.25, -0.2) is 9.97 Å². The topological polar surface area (TPSA) is 37.8 Å². The average molecular weight is 429 g/mol. The molecule has 0 amide bonds. The first-order valence-electron chi connectivity index (χ1n) is 6.80. The van der Waals surface area contributed by atoms with Crippen molar-refractivity contribution < 1.29 is 0 Å². The summed E-state index contributed by atoms with van der Waals surface area (Å²) in [6.07, 6.45) is 2.47. The van der Waals surface area contributed by atoms with Gasteiger partial charge in [-0.05, 0) is 53.0 Å². The molecule has 1 aliphatic carbocycles. The van der Waals surface area contributed by atoms with Gasteiger partial charge in [0.2, 0.25) is 0 Å². The molecule has 1 aromatic carbocycles. The van der Waals surface area contributed by atoms with Gasteiger partial charge in [-0.2, -0.15) is 0 Å². The summed E-state index contributed by atoms with van der Waals surface area (Å²) in [7, 11) is 1.90. The molecule has 1 heterocycles. The third-order valence-electron chi connectivity index (χ3n) is 3.31. The van der Waals surface area contributed by atoms with Gasteiger partial charge in [0.15, 0.2) is 0 Å². The molecule has 0 bridgehead atoms. The number of nitrogens with zero attached hydrogens (tertiary/aromatic N) is 2. The molecule has 0 saturated heterocycles. The van der Waals surface area contributed by atoms with E-state index >= 15 is 0 Å². The van der Waals surface area contributed by atoms with Crippen LogP contribution in [-0.2, 0) is 5.75 Å². The van der Waals surface area contributed by atoms with Crippen LogP contribution in [0.1, 0.15) is 30.3 Å². The zero-order chi connectivity index (χ0) is 14.8. The van der Waals surface area contributed by atoms with Crippen LogP contribution in [0.5, 0.6) is 0 Å². The first-order valence-corrected chi connectivity index (χ1v) is 9.37. The first kappa shape index (κ1) is 15.3. The van der Waals surface area contributed by atoms with Crippen molar-refractivity contribution in [3.05, 3.63) is 44.7 Å². The Balaban J connectivity index is 1.78. The third-order valence-corrected chi connectivity index (χ3v) is 5.62. The van der Waals surface area contributed by atoms with E-state index in [0.29, 0.717) is 5.92 Å². The number of hydrogen-bond donors (Lipinski definition) is 1. The summed E-state index contributed by atoms with van der Waals surface area (Å²) in [5, 5.41) is 3.15. The van der Waals surface area contributed by atoms with Gasteiger partial charge >= 0.3 is 0 Å². The Labute approximate surface area is 145 Å². The largest absolute Gasteiger partial charge is 0.372 e. The Morgan fingerprint density at radius 3 is 2.52 bits per heavy atom. The van der Waals surface area contributed by atoms with Crippen LogP contribution >= 0.6 is 43.6 Å². The highest BCUT2D eigenvalue weighted by atomic mass is 79.9. The second-order valence-electron chi connectivity index (χ2n) is 4.95. The average Bonchev–Trinajstić information content (AvgIpc) is 3.32. The molecule has 3 rings (SSSR count). The number of rotatable bonds is 5. The van der Waals surface area contributed by atoms with Crippen LogP contribution in [0, 0.1) is 0 Å². The molecule has 2 aromatic rings. The van der Waals surface area contributed by atoms with Gasteiger partial charge in [0.05, 0.1) is 15.9 Å². The van der Waals surface area contributed by atoms with Crippen molar-refractivity contribution in [2.75, 3.05) is 12.4 Å². The summed E-state index contributed by atoms with van der Waals surface area (Å²) in [4.78, 5) is 10.6. The summed E-state index contributed by atoms with van der Waals surface area (Å²) < 4.78 is 2.12. The van der Waals surface area contributed by atoms with E-state index in [9.17, 15) is 0 Å². The number of halogens is 2. The smallest absolute Gasteiger partial charge is 0.144 e. The molecule has 0 spiro atoms. The van der Waals surface area contributed by atoms with Crippen molar-refractivity contribution in [1.29, 1.82) is 0 Å². The lowest BCUT2D eigenvalue weighted by atomic mass is 10.2. The molecule has 0 atom stereocenters. The van der Waals surface area contributed by atoms with Gasteiger partial charge in [0.25, 0.3) is 0 Å². The second kappa shape index (κ2) is 6.67. The van der Waals surface area contributed by atoms with Crippen LogP contribution in [0.4, 0.5) is 5.82 Å². The van der Waals surface area contributed by atoms with Gasteiger partial charge in [-0.15, -0.1) is 11.8 Å². The molecule has 1 aromatic heterocycles. The molecular formula is C15H15Br2N3S. The van der Waals surface area contributed by atoms with Gasteiger partial charge < -0.3 is 5.32 Å². The molecule has 6 heteroatoms. The Morgan fingerprint density at radius 1 is 1.19 bits per heavy atom. The number of aromatic nitrogens is 2. The lowest BCUT2D eigenvalue weighted by Gasteiger charge is -2.10. The quantitative estimate of drug-likeness (QED) is 0.663. The zero-order valence-electron chi connectivity index (χ0n) is 11.6. The number of anilines is 1. The van der Waals surface area contributed by atoms with E-state index in [4.69, 9.17) is 4.98 Å². The maximum atomic E-state index is 4.75. The minimum atomic E-state index is 0.603. The molecule has 0 unspecified atom stereocenters. The number of hydrogen-bond acceptors (Lipinski definition) is 4. The Bertz CT molecular complexity index is 642. The van der Waals surface area contributed by atoms with E-state index in [1.165, 1.54) is 17.7 Å². The van der Waals surface area contributed by atoms with E-state index in [0.717, 1.165) is 32.0 Å². The Hall–Kier alpha value is -0.590. The van der Waals surface area contributed by atoms with E-state index in [1.54, 1.807) is 11.8 Å². The second-order valence-corrected chi connectivity index (χ2v) is 7.71. The Morgan fingerprint density at radius 2 is 1.90 bits per heavy atom. The fourth-order valence-corrected chi connectivity index (χ4v) is 3.77. The normalized spacial score (nSPS) is 14.2. The van der Waals surface area contributed by atoms with E-state index < -0.39 is 0 Å². The summed E-state index contributed by atoms with van der Waals surface area (Å²) in [6.45, 7) is 0. The Kier molecular flexibility index (Phi) is 4.86. The van der Waals surface area contributed by atoms with Gasteiger partial charge in [-0.3, -0.25) is 0 Å². The molecule has 3 nitrogen and oxygen atoms in total. The van der Waals surface area contributed by atoms with Crippen LogP contribution < -0.4 is 5.32 Å². The maximum Gasteiger partial charge on any atom is 0.144 e. The van der Waals surface area contributed by atoms with E-state index in [2.05, 4.69) is 66.4 Å². The van der Waals surface area contributed by atoms with Gasteiger partial charge in [0, 0.05) is 22.3 Å². The van der Waals surface area contributed by atoms with Crippen LogP contribution in [0.15, 0.2) is 38.1 Å². The lowest BCUT2D eigenvalue weighted by Crippen LogP contribution is -2.04. The summed E-state index contributed by atoms with van der Waals surface area (Å²) in [6, 6.07) is 8.32. The standard InChI is InChI=1S/C15H15Br2N3S/c1-18-15-13(17)14(9-2-3-9)19-12(20-15)8-21-11-6-4-10(16)5-7-11/h4-7,9H,2-3,8H2,1H3,(H,18,19,20). The molecule has 1 fully saturated rings. The molecule has 21 heavy (non-hydrogen) atoms. The zero-order valence-corrected chi connectivity index (χ0v) is 15.6. The highest BCUT2D eigenvalue weighted by Gasteiger charge is 2.29. The van der Waals surface area contributed by atoms with E-state index in [-0.39, 0.29) is 0 Å². The monoisotopic (exact) mass is 427 g/mol. The molecular weight excluding hydrogens is 414 g/mol. The highest BCUT2D eigenvalue weighted by molar-refractivity contribution is 9.11. The summed E-state index contributed by atoms with van der Waals surface area (Å²) in [5.41, 5.74) is 1.15. The highest BCUT2D eigenvalue weighted by Crippen LogP contribution is 2.44. The number of benzene rings is 1. The van der Waals surface area contributed by atoms with Crippen molar-refractivity contribution in [2.45, 2.75) is 29.4 Å². The van der Waals surface area contributed by atoms with Crippen molar-refractivity contribution in [2.24, 2.45) is 0 Å². The summed E-state index contributed by atoms with van der Waals surface area (Å²) >= 11 is 8.83. The third kappa shape index (κ3) is 3.79. The number of nitrogens with one attached hydrogen (secondary N) is 1. The fraction of sp³-hybridized carbons (Fsp3) is 0.333. The van der Waals surface area contributed by atoms with Crippen LogP contribution in [0.2, 0.25) is 0 Å². The van der Waals surface area contributed by atoms with Gasteiger partial charge in [0.1, 0.15) is 11.6 Å². The predicted octanol–water partition coefficient (Wildman–Crippen LogP) is 5.21. The first-order chi connectivity index (χ1) is 10.2. The molecule has 0 aliphatic heterocycles. The molecule has 1 aliphatic rings. The molecule has 110 valence electrons. The maximum absolute atomic E-state index is 4.75. The van der Waals surface area contributed by atoms with Crippen LogP contribution in [0.25, 0.3) is 0 Å². The van der Waals surface area contributed by atoms with Gasteiger partial charge in [-0.1, -0.05) is 15.9 Å². The lowest BCUT2D eigenvalue weighted by molar-refractivity contribution is 0.922. The predicted molar refractivity (Wildman–Crippen MR) is 95.0 cm³/mol. The van der Waals surface area contributed by atoms with Crippen molar-refractivity contribution in [3.63, 3.8) is 0 Å². The van der Waals surface area contributed by atoms with E-state index in [1.807, 2.05) is 7.05 Å². The van der Waals surface area contributed by atoms with Crippen LogP contribution in [-0.4, -0.2) is 17.0 Å². The summed E-state index contributed by atoms with van der Waals surface area (Å²) in [5.74, 6) is 3.16. The molecule has 1 N–H and O–H groups in total. The van der Waals surface area contributed by atoms with Crippen LogP contribution in [0.3, 0.4) is 0 Å². The minimum Gasteiger partial charge on any atom is -0.372 e. The SMILES string of the molecule is CNc1nc(CSc2ccc(Br)cc2)nc(C2CC2)c1Br.